The summed E-state index contributed by atoms with van der Waals surface area (Å²) < 4.78 is 10.7. The Morgan fingerprint density at radius 3 is 2.47 bits per heavy atom. The van der Waals surface area contributed by atoms with Crippen molar-refractivity contribution in [2.75, 3.05) is 51.4 Å². The highest BCUT2D eigenvalue weighted by Gasteiger charge is 2.43. The molecule has 2 saturated heterocycles. The van der Waals surface area contributed by atoms with Crippen molar-refractivity contribution in [1.82, 2.24) is 14.8 Å². The van der Waals surface area contributed by atoms with Crippen LogP contribution in [0.2, 0.25) is 0 Å². The lowest BCUT2D eigenvalue weighted by Gasteiger charge is -2.48. The van der Waals surface area contributed by atoms with Gasteiger partial charge in [0.2, 0.25) is 11.8 Å². The van der Waals surface area contributed by atoms with Crippen molar-refractivity contribution in [1.29, 1.82) is 0 Å². The third kappa shape index (κ3) is 4.47. The molecule has 2 aromatic rings. The number of methoxy groups -OCH3 is 1. The standard InChI is InChI=1S/C24H30N4O4/c1-24(2)17-27(16-21(29)28(24)19-6-8-20(31-3)9-7-19)23(30)22(18-5-4-10-25-15-18)26-11-13-32-14-12-26/h4-10,15,22H,11-14,16-17H2,1-3H3/t22-/m1/s1. The molecule has 0 aliphatic carbocycles. The summed E-state index contributed by atoms with van der Waals surface area (Å²) in [5.41, 5.74) is 1.07. The van der Waals surface area contributed by atoms with Crippen LogP contribution >= 0.6 is 0 Å². The quantitative estimate of drug-likeness (QED) is 0.712. The van der Waals surface area contributed by atoms with E-state index in [4.69, 9.17) is 9.47 Å². The van der Waals surface area contributed by atoms with Crippen LogP contribution in [0.1, 0.15) is 25.5 Å². The topological polar surface area (TPSA) is 75.2 Å². The summed E-state index contributed by atoms with van der Waals surface area (Å²) in [4.78, 5) is 36.9. The average molecular weight is 439 g/mol. The van der Waals surface area contributed by atoms with Gasteiger partial charge in [0.15, 0.2) is 0 Å². The van der Waals surface area contributed by atoms with E-state index in [9.17, 15) is 9.59 Å². The molecule has 0 N–H and O–H groups in total. The van der Waals surface area contributed by atoms with Gasteiger partial charge in [0.25, 0.3) is 0 Å². The number of amides is 2. The van der Waals surface area contributed by atoms with Gasteiger partial charge in [-0.25, -0.2) is 0 Å². The minimum atomic E-state index is -0.565. The zero-order chi connectivity index (χ0) is 22.7. The summed E-state index contributed by atoms with van der Waals surface area (Å²) in [6.45, 7) is 6.94. The SMILES string of the molecule is COc1ccc(N2C(=O)CN(C(=O)[C@@H](c3cccnc3)N3CCOCC3)CC2(C)C)cc1. The number of hydrogen-bond acceptors (Lipinski definition) is 6. The molecule has 0 radical (unpaired) electrons. The van der Waals surface area contributed by atoms with E-state index in [2.05, 4.69) is 9.88 Å². The molecule has 1 atom stereocenters. The molecule has 2 amide bonds. The van der Waals surface area contributed by atoms with Crippen molar-refractivity contribution in [2.24, 2.45) is 0 Å². The summed E-state index contributed by atoms with van der Waals surface area (Å²) >= 11 is 0. The zero-order valence-electron chi connectivity index (χ0n) is 18.9. The summed E-state index contributed by atoms with van der Waals surface area (Å²) in [5, 5.41) is 0. The van der Waals surface area contributed by atoms with Crippen molar-refractivity contribution in [3.8, 4) is 5.75 Å². The average Bonchev–Trinajstić information content (AvgIpc) is 2.80. The number of nitrogens with zero attached hydrogens (tertiary/aromatic N) is 4. The molecule has 8 nitrogen and oxygen atoms in total. The Kier molecular flexibility index (Phi) is 6.43. The number of pyridine rings is 1. The maximum atomic E-state index is 13.8. The van der Waals surface area contributed by atoms with Gasteiger partial charge < -0.3 is 19.3 Å². The number of rotatable bonds is 5. The van der Waals surface area contributed by atoms with Crippen LogP contribution in [-0.4, -0.2) is 78.6 Å². The molecule has 0 spiro atoms. The first-order valence-electron chi connectivity index (χ1n) is 10.9. The minimum Gasteiger partial charge on any atom is -0.497 e. The number of carbonyl (C=O) groups excluding carboxylic acids is 2. The van der Waals surface area contributed by atoms with Gasteiger partial charge in [-0.15, -0.1) is 0 Å². The summed E-state index contributed by atoms with van der Waals surface area (Å²) in [7, 11) is 1.61. The van der Waals surface area contributed by atoms with Gasteiger partial charge in [-0.2, -0.15) is 0 Å². The zero-order valence-corrected chi connectivity index (χ0v) is 18.9. The van der Waals surface area contributed by atoms with Crippen LogP contribution in [0, 0.1) is 0 Å². The maximum absolute atomic E-state index is 13.8. The second-order valence-electron chi connectivity index (χ2n) is 8.77. The van der Waals surface area contributed by atoms with E-state index in [0.717, 1.165) is 17.0 Å². The van der Waals surface area contributed by atoms with Crippen molar-refractivity contribution in [3.63, 3.8) is 0 Å². The lowest BCUT2D eigenvalue weighted by Crippen LogP contribution is -2.64. The molecule has 3 heterocycles. The van der Waals surface area contributed by atoms with Gasteiger partial charge in [0, 0.05) is 37.7 Å². The number of benzene rings is 1. The molecule has 1 aromatic heterocycles. The predicted octanol–water partition coefficient (Wildman–Crippen LogP) is 2.12. The summed E-state index contributed by atoms with van der Waals surface area (Å²) in [6.07, 6.45) is 3.43. The fraction of sp³-hybridized carbons (Fsp3) is 0.458. The van der Waals surface area contributed by atoms with Crippen LogP contribution in [-0.2, 0) is 14.3 Å². The lowest BCUT2D eigenvalue weighted by atomic mass is 9.95. The molecule has 0 unspecified atom stereocenters. The van der Waals surface area contributed by atoms with E-state index in [1.54, 1.807) is 29.3 Å². The molecule has 0 saturated carbocycles. The van der Waals surface area contributed by atoms with E-state index in [0.29, 0.717) is 32.8 Å². The molecule has 4 rings (SSSR count). The van der Waals surface area contributed by atoms with Crippen LogP contribution in [0.25, 0.3) is 0 Å². The van der Waals surface area contributed by atoms with Gasteiger partial charge in [0.05, 0.1) is 25.9 Å². The molecule has 8 heteroatoms. The van der Waals surface area contributed by atoms with Gasteiger partial charge in [-0.05, 0) is 49.7 Å². The first-order valence-corrected chi connectivity index (χ1v) is 10.9. The van der Waals surface area contributed by atoms with Gasteiger partial charge in [0.1, 0.15) is 18.3 Å². The number of carbonyl (C=O) groups is 2. The predicted molar refractivity (Wildman–Crippen MR) is 121 cm³/mol. The Morgan fingerprint density at radius 1 is 1.16 bits per heavy atom. The number of piperazine rings is 1. The molecular weight excluding hydrogens is 408 g/mol. The Balaban J connectivity index is 1.59. The van der Waals surface area contributed by atoms with Crippen LogP contribution < -0.4 is 9.64 Å². The van der Waals surface area contributed by atoms with Crippen LogP contribution in [0.15, 0.2) is 48.8 Å². The van der Waals surface area contributed by atoms with Gasteiger partial charge >= 0.3 is 0 Å². The molecule has 0 bridgehead atoms. The highest BCUT2D eigenvalue weighted by molar-refractivity contribution is 6.00. The molecule has 2 aliphatic rings. The van der Waals surface area contributed by atoms with Crippen molar-refractivity contribution >= 4 is 17.5 Å². The molecular formula is C24H30N4O4. The number of ether oxygens (including phenoxy) is 2. The third-order valence-corrected chi connectivity index (χ3v) is 6.05. The number of aromatic nitrogens is 1. The Bertz CT molecular complexity index is 942. The minimum absolute atomic E-state index is 0.0371. The third-order valence-electron chi connectivity index (χ3n) is 6.05. The highest BCUT2D eigenvalue weighted by Crippen LogP contribution is 2.32. The Labute approximate surface area is 188 Å². The normalized spacial score (nSPS) is 20.2. The van der Waals surface area contributed by atoms with Gasteiger partial charge in [-0.1, -0.05) is 6.07 Å². The van der Waals surface area contributed by atoms with Crippen LogP contribution in [0.4, 0.5) is 5.69 Å². The van der Waals surface area contributed by atoms with Crippen molar-refractivity contribution in [3.05, 3.63) is 54.4 Å². The molecule has 2 aliphatic heterocycles. The van der Waals surface area contributed by atoms with Crippen molar-refractivity contribution in [2.45, 2.75) is 25.4 Å². The Morgan fingerprint density at radius 2 is 1.88 bits per heavy atom. The first-order chi connectivity index (χ1) is 15.4. The molecule has 32 heavy (non-hydrogen) atoms. The van der Waals surface area contributed by atoms with Crippen LogP contribution in [0.5, 0.6) is 5.75 Å². The molecule has 1 aromatic carbocycles. The largest absolute Gasteiger partial charge is 0.497 e. The smallest absolute Gasteiger partial charge is 0.247 e. The number of anilines is 1. The van der Waals surface area contributed by atoms with E-state index >= 15 is 0 Å². The number of morpholine rings is 1. The van der Waals surface area contributed by atoms with Crippen molar-refractivity contribution < 1.29 is 19.1 Å². The lowest BCUT2D eigenvalue weighted by molar-refractivity contribution is -0.145. The molecule has 170 valence electrons. The maximum Gasteiger partial charge on any atom is 0.247 e. The highest BCUT2D eigenvalue weighted by atomic mass is 16.5. The number of hydrogen-bond donors (Lipinski definition) is 0. The fourth-order valence-corrected chi connectivity index (χ4v) is 4.60. The fourth-order valence-electron chi connectivity index (χ4n) is 4.60. The van der Waals surface area contributed by atoms with Gasteiger partial charge in [-0.3, -0.25) is 19.5 Å². The van der Waals surface area contributed by atoms with E-state index in [1.807, 2.05) is 50.2 Å². The van der Waals surface area contributed by atoms with E-state index in [1.165, 1.54) is 0 Å². The monoisotopic (exact) mass is 438 g/mol. The summed E-state index contributed by atoms with van der Waals surface area (Å²) in [6, 6.07) is 10.7. The van der Waals surface area contributed by atoms with E-state index in [-0.39, 0.29) is 18.4 Å². The summed E-state index contributed by atoms with van der Waals surface area (Å²) in [5.74, 6) is 0.556. The Hall–Kier alpha value is -2.97. The van der Waals surface area contributed by atoms with Crippen LogP contribution in [0.3, 0.4) is 0 Å². The second-order valence-corrected chi connectivity index (χ2v) is 8.77. The molecule has 2 fully saturated rings. The second kappa shape index (κ2) is 9.26. The first kappa shape index (κ1) is 22.2. The van der Waals surface area contributed by atoms with E-state index < -0.39 is 11.6 Å².